The summed E-state index contributed by atoms with van der Waals surface area (Å²) < 4.78 is 0.682. The molecule has 0 spiro atoms. The van der Waals surface area contributed by atoms with E-state index in [1.807, 2.05) is 0 Å². The summed E-state index contributed by atoms with van der Waals surface area (Å²) in [5.74, 6) is -0.615. The van der Waals surface area contributed by atoms with E-state index in [0.29, 0.717) is 15.7 Å². The summed E-state index contributed by atoms with van der Waals surface area (Å²) in [6.07, 6.45) is 0. The predicted molar refractivity (Wildman–Crippen MR) is 59.7 cm³/mol. The van der Waals surface area contributed by atoms with Crippen LogP contribution in [0.15, 0.2) is 22.7 Å². The molecule has 0 aliphatic heterocycles. The van der Waals surface area contributed by atoms with E-state index >= 15 is 0 Å². The molecule has 82 valence electrons. The first-order valence-corrected chi connectivity index (χ1v) is 5.08. The second-order valence-electron chi connectivity index (χ2n) is 3.05. The molecule has 1 heterocycles. The summed E-state index contributed by atoms with van der Waals surface area (Å²) in [7, 11) is 0. The van der Waals surface area contributed by atoms with Gasteiger partial charge in [-0.3, -0.25) is 4.79 Å². The number of carbonyl (C=O) groups excluding carboxylic acids is 1. The lowest BCUT2D eigenvalue weighted by molar-refractivity contribution is 0.0996. The van der Waals surface area contributed by atoms with E-state index in [-0.39, 0.29) is 11.4 Å². The average Bonchev–Trinajstić information content (AvgIpc) is 2.70. The molecule has 0 saturated carbocycles. The van der Waals surface area contributed by atoms with E-state index in [0.717, 1.165) is 0 Å². The van der Waals surface area contributed by atoms with E-state index in [9.17, 15) is 9.90 Å². The van der Waals surface area contributed by atoms with Crippen molar-refractivity contribution < 1.29 is 9.90 Å². The lowest BCUT2D eigenvalue weighted by atomic mass is 10.1. The fourth-order valence-electron chi connectivity index (χ4n) is 1.29. The monoisotopic (exact) mass is 282 g/mol. The van der Waals surface area contributed by atoms with Gasteiger partial charge in [0.1, 0.15) is 11.4 Å². The number of hydrogen-bond donors (Lipinski definition) is 3. The fraction of sp³-hybridized carbons (Fsp3) is 0. The van der Waals surface area contributed by atoms with Crippen molar-refractivity contribution in [1.29, 1.82) is 0 Å². The smallest absolute Gasteiger partial charge is 0.271 e. The molecule has 1 aromatic carbocycles. The molecule has 0 fully saturated rings. The Morgan fingerprint density at radius 2 is 2.19 bits per heavy atom. The zero-order valence-corrected chi connectivity index (χ0v) is 9.52. The quantitative estimate of drug-likeness (QED) is 0.765. The molecular weight excluding hydrogens is 276 g/mol. The van der Waals surface area contributed by atoms with Crippen LogP contribution in [-0.4, -0.2) is 26.4 Å². The van der Waals surface area contributed by atoms with Crippen LogP contribution in [0.2, 0.25) is 0 Å². The number of primary amides is 1. The Morgan fingerprint density at radius 1 is 1.44 bits per heavy atom. The van der Waals surface area contributed by atoms with Crippen molar-refractivity contribution in [1.82, 2.24) is 15.4 Å². The van der Waals surface area contributed by atoms with Crippen LogP contribution in [0.5, 0.6) is 5.75 Å². The number of amides is 1. The zero-order chi connectivity index (χ0) is 11.7. The summed E-state index contributed by atoms with van der Waals surface area (Å²) >= 11 is 3.29. The van der Waals surface area contributed by atoms with Gasteiger partial charge in [-0.25, -0.2) is 0 Å². The van der Waals surface area contributed by atoms with Crippen molar-refractivity contribution in [2.45, 2.75) is 0 Å². The summed E-state index contributed by atoms with van der Waals surface area (Å²) in [5, 5.41) is 19.2. The molecule has 1 amide bonds. The second-order valence-corrected chi connectivity index (χ2v) is 3.90. The van der Waals surface area contributed by atoms with Crippen molar-refractivity contribution in [3.05, 3.63) is 28.4 Å². The van der Waals surface area contributed by atoms with Gasteiger partial charge in [-0.2, -0.15) is 15.4 Å². The topological polar surface area (TPSA) is 105 Å². The molecule has 6 nitrogen and oxygen atoms in total. The van der Waals surface area contributed by atoms with Gasteiger partial charge in [0.15, 0.2) is 5.69 Å². The van der Waals surface area contributed by atoms with Crippen LogP contribution in [0.1, 0.15) is 10.5 Å². The molecule has 0 atom stereocenters. The van der Waals surface area contributed by atoms with E-state index in [1.165, 1.54) is 12.1 Å². The maximum atomic E-state index is 11.1. The van der Waals surface area contributed by atoms with Crippen LogP contribution < -0.4 is 5.73 Å². The number of nitrogens with two attached hydrogens (primary N) is 1. The third kappa shape index (κ3) is 1.76. The number of aromatic hydroxyl groups is 1. The highest BCUT2D eigenvalue weighted by Crippen LogP contribution is 2.31. The number of aromatic nitrogens is 3. The molecule has 0 unspecified atom stereocenters. The molecule has 0 saturated heterocycles. The lowest BCUT2D eigenvalue weighted by Crippen LogP contribution is -2.12. The Labute approximate surface area is 98.6 Å². The van der Waals surface area contributed by atoms with Crippen molar-refractivity contribution in [3.63, 3.8) is 0 Å². The third-order valence-electron chi connectivity index (χ3n) is 1.99. The highest BCUT2D eigenvalue weighted by Gasteiger charge is 2.17. The van der Waals surface area contributed by atoms with Gasteiger partial charge >= 0.3 is 0 Å². The summed E-state index contributed by atoms with van der Waals surface area (Å²) in [6, 6.07) is 4.62. The van der Waals surface area contributed by atoms with Gasteiger partial charge in [0.05, 0.1) is 0 Å². The standard InChI is InChI=1S/C9H7BrN4O2/c10-6-2-1-4(15)3-5(6)7-8(9(11)16)13-14-12-7/h1-3,15H,(H2,11,16)(H,12,13,14). The number of nitrogens with zero attached hydrogens (tertiary/aromatic N) is 2. The largest absolute Gasteiger partial charge is 0.508 e. The normalized spacial score (nSPS) is 10.3. The van der Waals surface area contributed by atoms with Gasteiger partial charge < -0.3 is 10.8 Å². The van der Waals surface area contributed by atoms with E-state index in [4.69, 9.17) is 5.73 Å². The summed E-state index contributed by atoms with van der Waals surface area (Å²) in [4.78, 5) is 11.1. The second kappa shape index (κ2) is 3.93. The molecule has 1 aromatic heterocycles. The van der Waals surface area contributed by atoms with Gasteiger partial charge in [-0.05, 0) is 18.2 Å². The van der Waals surface area contributed by atoms with Gasteiger partial charge in [-0.1, -0.05) is 15.9 Å². The molecule has 0 bridgehead atoms. The number of phenols is 1. The third-order valence-corrected chi connectivity index (χ3v) is 2.68. The minimum Gasteiger partial charge on any atom is -0.508 e. The van der Waals surface area contributed by atoms with Crippen LogP contribution in [0.25, 0.3) is 11.3 Å². The SMILES string of the molecule is NC(=O)c1n[nH]nc1-c1cc(O)ccc1Br. The Hall–Kier alpha value is -1.89. The number of carbonyl (C=O) groups is 1. The molecule has 7 heteroatoms. The van der Waals surface area contributed by atoms with Crippen molar-refractivity contribution in [2.75, 3.05) is 0 Å². The van der Waals surface area contributed by atoms with E-state index < -0.39 is 5.91 Å². The van der Waals surface area contributed by atoms with Crippen LogP contribution in [0.3, 0.4) is 0 Å². The van der Waals surface area contributed by atoms with Gasteiger partial charge in [0.25, 0.3) is 5.91 Å². The van der Waals surface area contributed by atoms with Crippen LogP contribution >= 0.6 is 15.9 Å². The number of halogens is 1. The maximum Gasteiger partial charge on any atom is 0.271 e. The summed E-state index contributed by atoms with van der Waals surface area (Å²) in [6.45, 7) is 0. The highest BCUT2D eigenvalue weighted by atomic mass is 79.9. The number of benzene rings is 1. The molecule has 2 aromatic rings. The van der Waals surface area contributed by atoms with Crippen LogP contribution in [-0.2, 0) is 0 Å². The van der Waals surface area contributed by atoms with E-state index in [1.54, 1.807) is 6.07 Å². The Balaban J connectivity index is 2.62. The van der Waals surface area contributed by atoms with Gasteiger partial charge in [0.2, 0.25) is 0 Å². The zero-order valence-electron chi connectivity index (χ0n) is 7.94. The van der Waals surface area contributed by atoms with E-state index in [2.05, 4.69) is 31.3 Å². The fourth-order valence-corrected chi connectivity index (χ4v) is 1.72. The number of nitrogens with one attached hydrogen (secondary N) is 1. The van der Waals surface area contributed by atoms with Crippen LogP contribution in [0.4, 0.5) is 0 Å². The molecule has 4 N–H and O–H groups in total. The maximum absolute atomic E-state index is 11.1. The highest BCUT2D eigenvalue weighted by molar-refractivity contribution is 9.10. The van der Waals surface area contributed by atoms with Crippen LogP contribution in [0, 0.1) is 0 Å². The number of rotatable bonds is 2. The minimum absolute atomic E-state index is 0.0336. The average molecular weight is 283 g/mol. The minimum atomic E-state index is -0.681. The van der Waals surface area contributed by atoms with Crippen molar-refractivity contribution >= 4 is 21.8 Å². The summed E-state index contributed by atoms with van der Waals surface area (Å²) in [5.41, 5.74) is 6.02. The first-order valence-electron chi connectivity index (χ1n) is 4.29. The number of aromatic amines is 1. The molecule has 0 aliphatic carbocycles. The lowest BCUT2D eigenvalue weighted by Gasteiger charge is -2.02. The van der Waals surface area contributed by atoms with Gasteiger partial charge in [0, 0.05) is 10.0 Å². The number of phenolic OH excluding ortho intramolecular Hbond substituents is 1. The number of hydrogen-bond acceptors (Lipinski definition) is 4. The van der Waals surface area contributed by atoms with Gasteiger partial charge in [-0.15, -0.1) is 0 Å². The molecule has 2 rings (SSSR count). The Morgan fingerprint density at radius 3 is 2.88 bits per heavy atom. The Bertz CT molecular complexity index is 552. The first kappa shape index (κ1) is 10.6. The molecular formula is C9H7BrN4O2. The molecule has 16 heavy (non-hydrogen) atoms. The number of H-pyrrole nitrogens is 1. The Kier molecular flexibility index (Phi) is 2.61. The first-order chi connectivity index (χ1) is 7.59. The molecule has 0 radical (unpaired) electrons. The van der Waals surface area contributed by atoms with Crippen molar-refractivity contribution in [2.24, 2.45) is 5.73 Å². The predicted octanol–water partition coefficient (Wildman–Crippen LogP) is 1.04. The van der Waals surface area contributed by atoms with Crippen molar-refractivity contribution in [3.8, 4) is 17.0 Å². The molecule has 0 aliphatic rings.